The molecule has 1 amide bonds. The van der Waals surface area contributed by atoms with Crippen molar-refractivity contribution in [3.8, 4) is 0 Å². The number of carbonyl (C=O) groups excluding carboxylic acids is 1. The van der Waals surface area contributed by atoms with Gasteiger partial charge < -0.3 is 14.5 Å². The lowest BCUT2D eigenvalue weighted by atomic mass is 9.87. The van der Waals surface area contributed by atoms with Crippen molar-refractivity contribution < 1.29 is 9.53 Å². The summed E-state index contributed by atoms with van der Waals surface area (Å²) in [6.45, 7) is 6.42. The number of nitrogens with zero attached hydrogens (tertiary/aromatic N) is 4. The van der Waals surface area contributed by atoms with Crippen LogP contribution >= 0.6 is 0 Å². The lowest BCUT2D eigenvalue weighted by Gasteiger charge is -2.39. The summed E-state index contributed by atoms with van der Waals surface area (Å²) in [5, 5.41) is 4.49. The second kappa shape index (κ2) is 7.82. The number of aromatic nitrogens is 2. The first-order valence-corrected chi connectivity index (χ1v) is 10.6. The molecule has 2 aliphatic heterocycles. The average Bonchev–Trinajstić information content (AvgIpc) is 3.32. The second-order valence-electron chi connectivity index (χ2n) is 8.82. The van der Waals surface area contributed by atoms with Gasteiger partial charge in [0.2, 0.25) is 0 Å². The van der Waals surface area contributed by atoms with E-state index in [1.54, 1.807) is 4.68 Å². The van der Waals surface area contributed by atoms with Crippen molar-refractivity contribution in [3.63, 3.8) is 0 Å². The lowest BCUT2D eigenvalue weighted by molar-refractivity contribution is -0.0390. The zero-order valence-electron chi connectivity index (χ0n) is 18.0. The number of ether oxygens (including phenoxy) is 1. The zero-order valence-corrected chi connectivity index (χ0v) is 18.0. The van der Waals surface area contributed by atoms with E-state index in [9.17, 15) is 4.79 Å². The number of rotatable bonds is 4. The summed E-state index contributed by atoms with van der Waals surface area (Å²) in [7, 11) is 4.00. The molecule has 0 saturated carbocycles. The summed E-state index contributed by atoms with van der Waals surface area (Å²) < 4.78 is 8.05. The van der Waals surface area contributed by atoms with E-state index >= 15 is 0 Å². The Labute approximate surface area is 173 Å². The van der Waals surface area contributed by atoms with Crippen LogP contribution in [0, 0.1) is 0 Å². The lowest BCUT2D eigenvalue weighted by Crippen LogP contribution is -2.47. The van der Waals surface area contributed by atoms with Crippen LogP contribution in [-0.2, 0) is 11.8 Å². The van der Waals surface area contributed by atoms with Crippen LogP contribution in [0.2, 0.25) is 0 Å². The molecule has 2 aliphatic rings. The highest BCUT2D eigenvalue weighted by molar-refractivity contribution is 5.92. The van der Waals surface area contributed by atoms with E-state index in [0.717, 1.165) is 44.7 Å². The van der Waals surface area contributed by atoms with Crippen LogP contribution < -0.4 is 4.90 Å². The van der Waals surface area contributed by atoms with Crippen LogP contribution in [0.1, 0.15) is 55.2 Å². The number of hydrogen-bond acceptors (Lipinski definition) is 4. The van der Waals surface area contributed by atoms with Gasteiger partial charge in [-0.3, -0.25) is 9.48 Å². The number of piperidine rings is 1. The third-order valence-corrected chi connectivity index (χ3v) is 6.57. The molecule has 3 heterocycles. The highest BCUT2D eigenvalue weighted by Crippen LogP contribution is 2.38. The van der Waals surface area contributed by atoms with E-state index in [1.807, 2.05) is 24.1 Å². The van der Waals surface area contributed by atoms with E-state index in [0.29, 0.717) is 17.7 Å². The number of amides is 1. The maximum atomic E-state index is 13.0. The van der Waals surface area contributed by atoms with Crippen LogP contribution in [0.5, 0.6) is 0 Å². The molecule has 0 bridgehead atoms. The highest BCUT2D eigenvalue weighted by Gasteiger charge is 2.44. The molecular weight excluding hydrogens is 364 g/mol. The number of aryl methyl sites for hydroxylation is 1. The molecule has 2 aromatic rings. The van der Waals surface area contributed by atoms with E-state index in [1.165, 1.54) is 5.69 Å². The van der Waals surface area contributed by atoms with E-state index in [2.05, 4.69) is 55.2 Å². The van der Waals surface area contributed by atoms with E-state index < -0.39 is 0 Å². The third-order valence-electron chi connectivity index (χ3n) is 6.57. The van der Waals surface area contributed by atoms with Crippen LogP contribution in [0.3, 0.4) is 0 Å². The van der Waals surface area contributed by atoms with Crippen molar-refractivity contribution in [2.75, 3.05) is 31.6 Å². The summed E-state index contributed by atoms with van der Waals surface area (Å²) in [5.74, 6) is 0.399. The van der Waals surface area contributed by atoms with Gasteiger partial charge in [0, 0.05) is 32.9 Å². The summed E-state index contributed by atoms with van der Waals surface area (Å²) >= 11 is 0. The molecule has 1 aromatic heterocycles. The predicted molar refractivity (Wildman–Crippen MR) is 114 cm³/mol. The molecule has 6 heteroatoms. The second-order valence-corrected chi connectivity index (χ2v) is 8.82. The number of anilines is 1. The Morgan fingerprint density at radius 1 is 1.24 bits per heavy atom. The molecule has 0 unspecified atom stereocenters. The summed E-state index contributed by atoms with van der Waals surface area (Å²) in [6.07, 6.45) is 2.81. The smallest absolute Gasteiger partial charge is 0.272 e. The van der Waals surface area contributed by atoms with Gasteiger partial charge in [-0.1, -0.05) is 32.0 Å². The number of hydrogen-bond donors (Lipinski definition) is 0. The molecule has 0 aliphatic carbocycles. The predicted octanol–water partition coefficient (Wildman–Crippen LogP) is 3.44. The first kappa shape index (κ1) is 20.0. The molecule has 1 aromatic carbocycles. The van der Waals surface area contributed by atoms with Gasteiger partial charge in [-0.15, -0.1) is 0 Å². The van der Waals surface area contributed by atoms with Gasteiger partial charge in [0.05, 0.1) is 23.9 Å². The highest BCUT2D eigenvalue weighted by atomic mass is 16.5. The standard InChI is InChI=1S/C23H32N4O2/c1-17(2)20-14-21(26(4)24-20)22(28)27-12-10-23(11-13-27)15-19(16-29-23)25(3)18-8-6-5-7-9-18/h5-9,14,17,19H,10-13,15-16H2,1-4H3/t19-/m1/s1. The number of benzene rings is 1. The monoisotopic (exact) mass is 396 g/mol. The maximum absolute atomic E-state index is 13.0. The number of likely N-dealkylation sites (tertiary alicyclic amines) is 1. The maximum Gasteiger partial charge on any atom is 0.272 e. The SMILES string of the molecule is CC(C)c1cc(C(=O)N2CCC3(CC2)C[C@@H](N(C)c2ccccc2)CO3)n(C)n1. The van der Waals surface area contributed by atoms with Gasteiger partial charge in [0.15, 0.2) is 0 Å². The van der Waals surface area contributed by atoms with Gasteiger partial charge in [0.25, 0.3) is 5.91 Å². The number of carbonyl (C=O) groups is 1. The molecular formula is C23H32N4O2. The summed E-state index contributed by atoms with van der Waals surface area (Å²) in [5.41, 5.74) is 2.77. The molecule has 156 valence electrons. The Morgan fingerprint density at radius 3 is 2.55 bits per heavy atom. The van der Waals surface area contributed by atoms with Gasteiger partial charge in [-0.05, 0) is 43.4 Å². The Morgan fingerprint density at radius 2 is 1.93 bits per heavy atom. The number of likely N-dealkylation sites (N-methyl/N-ethyl adjacent to an activating group) is 1. The molecule has 1 atom stereocenters. The fourth-order valence-electron chi connectivity index (χ4n) is 4.54. The molecule has 1 spiro atoms. The topological polar surface area (TPSA) is 50.6 Å². The number of para-hydroxylation sites is 1. The normalized spacial score (nSPS) is 21.1. The van der Waals surface area contributed by atoms with Crippen LogP contribution in [0.4, 0.5) is 5.69 Å². The minimum atomic E-state index is -0.0972. The molecule has 4 rings (SSSR count). The summed E-state index contributed by atoms with van der Waals surface area (Å²) in [6, 6.07) is 12.8. The molecule has 29 heavy (non-hydrogen) atoms. The van der Waals surface area contributed by atoms with Crippen LogP contribution in [0.25, 0.3) is 0 Å². The van der Waals surface area contributed by atoms with Crippen molar-refractivity contribution >= 4 is 11.6 Å². The van der Waals surface area contributed by atoms with Crippen molar-refractivity contribution in [1.29, 1.82) is 0 Å². The van der Waals surface area contributed by atoms with Crippen LogP contribution in [0.15, 0.2) is 36.4 Å². The third kappa shape index (κ3) is 3.90. The fourth-order valence-corrected chi connectivity index (χ4v) is 4.54. The van der Waals surface area contributed by atoms with Crippen molar-refractivity contribution in [1.82, 2.24) is 14.7 Å². The Balaban J connectivity index is 1.38. The first-order valence-electron chi connectivity index (χ1n) is 10.6. The molecule has 2 saturated heterocycles. The first-order chi connectivity index (χ1) is 13.9. The fraction of sp³-hybridized carbons (Fsp3) is 0.565. The summed E-state index contributed by atoms with van der Waals surface area (Å²) in [4.78, 5) is 17.3. The van der Waals surface area contributed by atoms with Gasteiger partial charge in [-0.25, -0.2) is 0 Å². The largest absolute Gasteiger partial charge is 0.373 e. The van der Waals surface area contributed by atoms with E-state index in [4.69, 9.17) is 4.74 Å². The Kier molecular flexibility index (Phi) is 5.38. The molecule has 6 nitrogen and oxygen atoms in total. The van der Waals surface area contributed by atoms with Crippen LogP contribution in [-0.4, -0.2) is 59.0 Å². The molecule has 0 N–H and O–H groups in total. The van der Waals surface area contributed by atoms with Gasteiger partial charge >= 0.3 is 0 Å². The Bertz CT molecular complexity index is 853. The van der Waals surface area contributed by atoms with Crippen molar-refractivity contribution in [3.05, 3.63) is 47.8 Å². The zero-order chi connectivity index (χ0) is 20.6. The van der Waals surface area contributed by atoms with Gasteiger partial charge in [-0.2, -0.15) is 5.10 Å². The average molecular weight is 397 g/mol. The molecule has 2 fully saturated rings. The molecule has 0 radical (unpaired) electrons. The van der Waals surface area contributed by atoms with E-state index in [-0.39, 0.29) is 11.5 Å². The quantitative estimate of drug-likeness (QED) is 0.794. The Hall–Kier alpha value is -2.34. The minimum absolute atomic E-state index is 0.0812. The minimum Gasteiger partial charge on any atom is -0.373 e. The van der Waals surface area contributed by atoms with Crippen molar-refractivity contribution in [2.45, 2.75) is 50.7 Å². The van der Waals surface area contributed by atoms with Crippen molar-refractivity contribution in [2.24, 2.45) is 7.05 Å². The van der Waals surface area contributed by atoms with Gasteiger partial charge in [0.1, 0.15) is 5.69 Å².